The Morgan fingerprint density at radius 2 is 2.11 bits per heavy atom. The van der Waals surface area contributed by atoms with Gasteiger partial charge in [0.15, 0.2) is 0 Å². The molecular formula is C16H13N3. The summed E-state index contributed by atoms with van der Waals surface area (Å²) in [4.78, 5) is 4.06. The predicted octanol–water partition coefficient (Wildman–Crippen LogP) is 3.26. The maximum atomic E-state index is 9.00. The maximum Gasteiger partial charge on any atom is 0.0991 e. The van der Waals surface area contributed by atoms with Crippen molar-refractivity contribution in [3.05, 3.63) is 65.7 Å². The molecule has 0 N–H and O–H groups in total. The molecular weight excluding hydrogens is 234 g/mol. The summed E-state index contributed by atoms with van der Waals surface area (Å²) in [5.74, 6) is 0. The van der Waals surface area contributed by atoms with Gasteiger partial charge in [0.1, 0.15) is 0 Å². The predicted molar refractivity (Wildman–Crippen MR) is 74.7 cm³/mol. The van der Waals surface area contributed by atoms with Crippen molar-refractivity contribution in [1.82, 2.24) is 9.55 Å². The Bertz CT molecular complexity index is 765. The molecule has 0 aliphatic rings. The Morgan fingerprint density at radius 3 is 2.84 bits per heavy atom. The molecule has 2 aromatic carbocycles. The van der Waals surface area contributed by atoms with Crippen LogP contribution in [0.25, 0.3) is 10.8 Å². The van der Waals surface area contributed by atoms with Gasteiger partial charge in [-0.2, -0.15) is 5.26 Å². The van der Waals surface area contributed by atoms with Gasteiger partial charge in [-0.3, -0.25) is 0 Å². The molecule has 0 unspecified atom stereocenters. The Labute approximate surface area is 111 Å². The van der Waals surface area contributed by atoms with E-state index in [2.05, 4.69) is 30.1 Å². The number of nitriles is 1. The molecule has 3 heteroatoms. The fourth-order valence-corrected chi connectivity index (χ4v) is 2.33. The van der Waals surface area contributed by atoms with Crippen LogP contribution in [0.4, 0.5) is 0 Å². The van der Waals surface area contributed by atoms with Crippen LogP contribution in [0.5, 0.6) is 0 Å². The van der Waals surface area contributed by atoms with E-state index >= 15 is 0 Å². The summed E-state index contributed by atoms with van der Waals surface area (Å²) in [7, 11) is 0. The van der Waals surface area contributed by atoms with Gasteiger partial charge in [0, 0.05) is 18.9 Å². The molecule has 3 aromatic rings. The van der Waals surface area contributed by atoms with Crippen LogP contribution in [0, 0.1) is 18.3 Å². The van der Waals surface area contributed by atoms with Gasteiger partial charge in [0.25, 0.3) is 0 Å². The van der Waals surface area contributed by atoms with Gasteiger partial charge in [-0.15, -0.1) is 0 Å². The third-order valence-electron chi connectivity index (χ3n) is 3.44. The zero-order valence-electron chi connectivity index (χ0n) is 10.7. The maximum absolute atomic E-state index is 9.00. The quantitative estimate of drug-likeness (QED) is 0.697. The van der Waals surface area contributed by atoms with E-state index in [0.717, 1.165) is 11.9 Å². The SMILES string of the molecule is Cc1c(Cn2ccnc2)ccc2ccc(C#N)cc12. The van der Waals surface area contributed by atoms with Crippen molar-refractivity contribution in [3.63, 3.8) is 0 Å². The summed E-state index contributed by atoms with van der Waals surface area (Å²) < 4.78 is 2.04. The molecule has 0 atom stereocenters. The highest BCUT2D eigenvalue weighted by Gasteiger charge is 2.05. The minimum atomic E-state index is 0.704. The van der Waals surface area contributed by atoms with Crippen LogP contribution in [0.15, 0.2) is 49.1 Å². The Morgan fingerprint density at radius 1 is 1.26 bits per heavy atom. The molecule has 0 aliphatic heterocycles. The first-order valence-corrected chi connectivity index (χ1v) is 6.16. The van der Waals surface area contributed by atoms with E-state index in [1.165, 1.54) is 16.5 Å². The molecule has 0 spiro atoms. The van der Waals surface area contributed by atoms with E-state index in [-0.39, 0.29) is 0 Å². The second kappa shape index (κ2) is 4.58. The van der Waals surface area contributed by atoms with E-state index in [0.29, 0.717) is 5.56 Å². The van der Waals surface area contributed by atoms with Crippen molar-refractivity contribution in [2.45, 2.75) is 13.5 Å². The highest BCUT2D eigenvalue weighted by atomic mass is 15.0. The molecule has 0 radical (unpaired) electrons. The number of aromatic nitrogens is 2. The molecule has 0 saturated carbocycles. The van der Waals surface area contributed by atoms with Crippen LogP contribution in [0.3, 0.4) is 0 Å². The Hall–Kier alpha value is -2.60. The second-order valence-corrected chi connectivity index (χ2v) is 4.63. The molecule has 92 valence electrons. The zero-order chi connectivity index (χ0) is 13.2. The molecule has 0 saturated heterocycles. The summed E-state index contributed by atoms with van der Waals surface area (Å²) in [6.45, 7) is 2.91. The zero-order valence-corrected chi connectivity index (χ0v) is 10.7. The van der Waals surface area contributed by atoms with Crippen LogP contribution < -0.4 is 0 Å². The third-order valence-corrected chi connectivity index (χ3v) is 3.44. The molecule has 0 amide bonds. The van der Waals surface area contributed by atoms with Gasteiger partial charge in [0.2, 0.25) is 0 Å². The average Bonchev–Trinajstić information content (AvgIpc) is 2.95. The number of rotatable bonds is 2. The Balaban J connectivity index is 2.11. The van der Waals surface area contributed by atoms with Crippen molar-refractivity contribution < 1.29 is 0 Å². The molecule has 1 aromatic heterocycles. The number of benzene rings is 2. The van der Waals surface area contributed by atoms with Gasteiger partial charge >= 0.3 is 0 Å². The lowest BCUT2D eigenvalue weighted by Gasteiger charge is -2.10. The Kier molecular flexibility index (Phi) is 2.77. The summed E-state index contributed by atoms with van der Waals surface area (Å²) in [5.41, 5.74) is 3.18. The summed E-state index contributed by atoms with van der Waals surface area (Å²) in [6, 6.07) is 12.3. The average molecular weight is 247 g/mol. The highest BCUT2D eigenvalue weighted by Crippen LogP contribution is 2.23. The monoisotopic (exact) mass is 247 g/mol. The fraction of sp³-hybridized carbons (Fsp3) is 0.125. The highest BCUT2D eigenvalue weighted by molar-refractivity contribution is 5.87. The van der Waals surface area contributed by atoms with Crippen molar-refractivity contribution in [1.29, 1.82) is 5.26 Å². The lowest BCUT2D eigenvalue weighted by molar-refractivity contribution is 0.794. The molecule has 3 rings (SSSR count). The van der Waals surface area contributed by atoms with Crippen LogP contribution >= 0.6 is 0 Å². The molecule has 0 bridgehead atoms. The first-order valence-electron chi connectivity index (χ1n) is 6.16. The van der Waals surface area contributed by atoms with E-state index in [1.807, 2.05) is 35.3 Å². The first-order chi connectivity index (χ1) is 9.28. The van der Waals surface area contributed by atoms with Gasteiger partial charge < -0.3 is 4.57 Å². The van der Waals surface area contributed by atoms with Crippen LogP contribution in [-0.2, 0) is 6.54 Å². The van der Waals surface area contributed by atoms with Crippen molar-refractivity contribution in [2.24, 2.45) is 0 Å². The molecule has 0 fully saturated rings. The number of imidazole rings is 1. The van der Waals surface area contributed by atoms with E-state index in [9.17, 15) is 0 Å². The van der Waals surface area contributed by atoms with E-state index < -0.39 is 0 Å². The topological polar surface area (TPSA) is 41.6 Å². The van der Waals surface area contributed by atoms with Crippen LogP contribution in [0.2, 0.25) is 0 Å². The molecule has 3 nitrogen and oxygen atoms in total. The smallest absolute Gasteiger partial charge is 0.0991 e. The number of hydrogen-bond donors (Lipinski definition) is 0. The minimum absolute atomic E-state index is 0.704. The van der Waals surface area contributed by atoms with Crippen molar-refractivity contribution >= 4 is 10.8 Å². The lowest BCUT2D eigenvalue weighted by atomic mass is 9.98. The normalized spacial score (nSPS) is 10.5. The van der Waals surface area contributed by atoms with Crippen molar-refractivity contribution in [3.8, 4) is 6.07 Å². The van der Waals surface area contributed by atoms with Gasteiger partial charge in [0.05, 0.1) is 18.0 Å². The second-order valence-electron chi connectivity index (χ2n) is 4.63. The summed E-state index contributed by atoms with van der Waals surface area (Å²) >= 11 is 0. The standard InChI is InChI=1S/C16H13N3/c1-12-15(10-19-7-6-18-11-19)5-4-14-3-2-13(9-17)8-16(12)14/h2-8,11H,10H2,1H3. The molecule has 0 aliphatic carbocycles. The molecule has 1 heterocycles. The van der Waals surface area contributed by atoms with Crippen LogP contribution in [-0.4, -0.2) is 9.55 Å². The number of fused-ring (bicyclic) bond motifs is 1. The summed E-state index contributed by atoms with van der Waals surface area (Å²) in [6.07, 6.45) is 5.55. The number of aryl methyl sites for hydroxylation is 1. The fourth-order valence-electron chi connectivity index (χ4n) is 2.33. The van der Waals surface area contributed by atoms with Crippen molar-refractivity contribution in [2.75, 3.05) is 0 Å². The van der Waals surface area contributed by atoms with Gasteiger partial charge in [-0.05, 0) is 41.0 Å². The largest absolute Gasteiger partial charge is 0.333 e. The van der Waals surface area contributed by atoms with Crippen LogP contribution in [0.1, 0.15) is 16.7 Å². The molecule has 19 heavy (non-hydrogen) atoms. The lowest BCUT2D eigenvalue weighted by Crippen LogP contribution is -1.99. The summed E-state index contributed by atoms with van der Waals surface area (Å²) in [5, 5.41) is 11.3. The number of nitrogens with zero attached hydrogens (tertiary/aromatic N) is 3. The van der Waals surface area contributed by atoms with E-state index in [1.54, 1.807) is 6.20 Å². The van der Waals surface area contributed by atoms with E-state index in [4.69, 9.17) is 5.26 Å². The minimum Gasteiger partial charge on any atom is -0.333 e. The number of hydrogen-bond acceptors (Lipinski definition) is 2. The van der Waals surface area contributed by atoms with Gasteiger partial charge in [-0.1, -0.05) is 18.2 Å². The van der Waals surface area contributed by atoms with Gasteiger partial charge in [-0.25, -0.2) is 4.98 Å². The first kappa shape index (κ1) is 11.5. The third kappa shape index (κ3) is 2.09.